The van der Waals surface area contributed by atoms with Crippen LogP contribution in [0.5, 0.6) is 0 Å². The van der Waals surface area contributed by atoms with E-state index in [1.807, 2.05) is 0 Å². The summed E-state index contributed by atoms with van der Waals surface area (Å²) in [5.74, 6) is 2.49. The van der Waals surface area contributed by atoms with Crippen molar-refractivity contribution < 1.29 is 4.79 Å². The Kier molecular flexibility index (Phi) is 8.39. The van der Waals surface area contributed by atoms with Crippen LogP contribution in [0.2, 0.25) is 0 Å². The molecule has 2 N–H and O–H groups in total. The van der Waals surface area contributed by atoms with E-state index in [-0.39, 0.29) is 11.4 Å². The van der Waals surface area contributed by atoms with E-state index in [4.69, 9.17) is 4.99 Å². The lowest BCUT2D eigenvalue weighted by atomic mass is 9.75. The summed E-state index contributed by atoms with van der Waals surface area (Å²) in [5, 5.41) is 6.25. The molecule has 0 aromatic carbocycles. The third-order valence-electron chi connectivity index (χ3n) is 6.54. The molecule has 1 saturated heterocycles. The van der Waals surface area contributed by atoms with E-state index in [1.165, 1.54) is 25.7 Å². The number of carbonyl (C=O) groups excluding carboxylic acids is 1. The van der Waals surface area contributed by atoms with Crippen molar-refractivity contribution in [3.05, 3.63) is 0 Å². The van der Waals surface area contributed by atoms with Crippen molar-refractivity contribution in [1.82, 2.24) is 20.4 Å². The second-order valence-electron chi connectivity index (χ2n) is 8.80. The first-order valence-electron chi connectivity index (χ1n) is 10.8. The smallest absolute Gasteiger partial charge is 0.220 e. The van der Waals surface area contributed by atoms with Crippen LogP contribution in [0, 0.1) is 11.8 Å². The van der Waals surface area contributed by atoms with Gasteiger partial charge in [0.25, 0.3) is 0 Å². The Balaban J connectivity index is 2.00. The molecule has 0 aromatic heterocycles. The number of amides is 1. The Bertz CT molecular complexity index is 499. The predicted octanol–water partition coefficient (Wildman–Crippen LogP) is 2.31. The number of rotatable bonds is 6. The largest absolute Gasteiger partial charge is 0.359 e. The number of hydrogen-bond acceptors (Lipinski definition) is 3. The number of aliphatic imine (C=N–C) groups is 1. The molecule has 6 nitrogen and oxygen atoms in total. The molecule has 2 rings (SSSR count). The van der Waals surface area contributed by atoms with Crippen molar-refractivity contribution in [2.75, 3.05) is 47.3 Å². The Morgan fingerprint density at radius 3 is 2.52 bits per heavy atom. The highest BCUT2D eigenvalue weighted by molar-refractivity contribution is 5.80. The van der Waals surface area contributed by atoms with E-state index in [1.54, 1.807) is 7.05 Å². The predicted molar refractivity (Wildman–Crippen MR) is 113 cm³/mol. The Morgan fingerprint density at radius 2 is 1.96 bits per heavy atom. The van der Waals surface area contributed by atoms with Crippen molar-refractivity contribution >= 4 is 11.9 Å². The molecular formula is C21H41N5O. The normalized spacial score (nSPS) is 27.7. The van der Waals surface area contributed by atoms with Gasteiger partial charge in [-0.15, -0.1) is 0 Å². The number of nitrogens with one attached hydrogen (secondary N) is 2. The van der Waals surface area contributed by atoms with Gasteiger partial charge in [-0.1, -0.05) is 19.8 Å². The Labute approximate surface area is 166 Å². The third kappa shape index (κ3) is 6.09. The second-order valence-corrected chi connectivity index (χ2v) is 8.80. The zero-order valence-electron chi connectivity index (χ0n) is 18.2. The molecule has 0 aromatic rings. The average molecular weight is 380 g/mol. The molecule has 156 valence electrons. The summed E-state index contributed by atoms with van der Waals surface area (Å²) in [6, 6.07) is 0. The van der Waals surface area contributed by atoms with Crippen LogP contribution in [-0.4, -0.2) is 74.5 Å². The first-order chi connectivity index (χ1) is 12.9. The number of guanidine groups is 1. The van der Waals surface area contributed by atoms with Crippen LogP contribution in [0.4, 0.5) is 0 Å². The highest BCUT2D eigenvalue weighted by atomic mass is 16.1. The zero-order chi connectivity index (χ0) is 19.9. The fourth-order valence-electron chi connectivity index (χ4n) is 4.68. The number of nitrogens with zero attached hydrogens (tertiary/aromatic N) is 3. The summed E-state index contributed by atoms with van der Waals surface area (Å²) in [6.45, 7) is 8.24. The lowest BCUT2D eigenvalue weighted by molar-refractivity contribution is -0.121. The highest BCUT2D eigenvalue weighted by Crippen LogP contribution is 2.36. The molecule has 1 aliphatic carbocycles. The molecule has 0 radical (unpaired) electrons. The van der Waals surface area contributed by atoms with Crippen molar-refractivity contribution in [3.8, 4) is 0 Å². The van der Waals surface area contributed by atoms with Gasteiger partial charge in [0.15, 0.2) is 5.96 Å². The minimum absolute atomic E-state index is 0.161. The monoisotopic (exact) mass is 379 g/mol. The molecule has 1 saturated carbocycles. The van der Waals surface area contributed by atoms with Gasteiger partial charge in [-0.05, 0) is 58.5 Å². The fraction of sp³-hybridized carbons (Fsp3) is 0.905. The van der Waals surface area contributed by atoms with Crippen molar-refractivity contribution in [3.63, 3.8) is 0 Å². The van der Waals surface area contributed by atoms with Gasteiger partial charge in [0.1, 0.15) is 0 Å². The van der Waals surface area contributed by atoms with Crippen LogP contribution < -0.4 is 10.6 Å². The van der Waals surface area contributed by atoms with Crippen molar-refractivity contribution in [1.29, 1.82) is 0 Å². The Morgan fingerprint density at radius 1 is 1.26 bits per heavy atom. The summed E-state index contributed by atoms with van der Waals surface area (Å²) in [4.78, 5) is 21.5. The summed E-state index contributed by atoms with van der Waals surface area (Å²) < 4.78 is 0. The van der Waals surface area contributed by atoms with E-state index >= 15 is 0 Å². The molecule has 2 fully saturated rings. The number of piperidine rings is 1. The summed E-state index contributed by atoms with van der Waals surface area (Å²) in [7, 11) is 6.15. The minimum atomic E-state index is 0.161. The van der Waals surface area contributed by atoms with Crippen molar-refractivity contribution in [2.24, 2.45) is 16.8 Å². The average Bonchev–Trinajstić information content (AvgIpc) is 2.65. The maximum absolute atomic E-state index is 11.6. The molecule has 27 heavy (non-hydrogen) atoms. The molecule has 6 heteroatoms. The summed E-state index contributed by atoms with van der Waals surface area (Å²) in [5.41, 5.74) is 0.190. The van der Waals surface area contributed by atoms with Crippen LogP contribution in [0.3, 0.4) is 0 Å². The van der Waals surface area contributed by atoms with E-state index in [0.717, 1.165) is 50.9 Å². The number of hydrogen-bond donors (Lipinski definition) is 2. The maximum atomic E-state index is 11.6. The van der Waals surface area contributed by atoms with Crippen LogP contribution >= 0.6 is 0 Å². The summed E-state index contributed by atoms with van der Waals surface area (Å²) in [6.07, 6.45) is 7.90. The van der Waals surface area contributed by atoms with E-state index in [2.05, 4.69) is 48.4 Å². The van der Waals surface area contributed by atoms with Gasteiger partial charge in [0, 0.05) is 38.6 Å². The van der Waals surface area contributed by atoms with Gasteiger partial charge in [0.05, 0.1) is 6.54 Å². The number of likely N-dealkylation sites (N-methyl/N-ethyl adjacent to an activating group) is 1. The van der Waals surface area contributed by atoms with Gasteiger partial charge >= 0.3 is 0 Å². The van der Waals surface area contributed by atoms with Crippen LogP contribution in [0.25, 0.3) is 0 Å². The SMILES string of the molecule is CCNC(=NCC1(N(C)C)CCCC(C)C1)N1CCC(CC(=O)NC)CC1. The number of carbonyl (C=O) groups is 1. The second kappa shape index (κ2) is 10.3. The molecule has 2 aliphatic rings. The quantitative estimate of drug-likeness (QED) is 0.549. The van der Waals surface area contributed by atoms with Crippen molar-refractivity contribution in [2.45, 2.75) is 64.3 Å². The lowest BCUT2D eigenvalue weighted by Gasteiger charge is -2.44. The molecule has 2 atom stereocenters. The van der Waals surface area contributed by atoms with E-state index in [9.17, 15) is 4.79 Å². The minimum Gasteiger partial charge on any atom is -0.359 e. The first-order valence-corrected chi connectivity index (χ1v) is 10.8. The Hall–Kier alpha value is -1.30. The van der Waals surface area contributed by atoms with Gasteiger partial charge in [0.2, 0.25) is 5.91 Å². The van der Waals surface area contributed by atoms with Crippen LogP contribution in [-0.2, 0) is 4.79 Å². The molecule has 1 aliphatic heterocycles. The van der Waals surface area contributed by atoms with E-state index < -0.39 is 0 Å². The number of likely N-dealkylation sites (tertiary alicyclic amines) is 1. The summed E-state index contributed by atoms with van der Waals surface area (Å²) >= 11 is 0. The maximum Gasteiger partial charge on any atom is 0.220 e. The molecular weight excluding hydrogens is 338 g/mol. The highest BCUT2D eigenvalue weighted by Gasteiger charge is 2.37. The van der Waals surface area contributed by atoms with Gasteiger partial charge < -0.3 is 20.4 Å². The molecule has 1 amide bonds. The fourth-order valence-corrected chi connectivity index (χ4v) is 4.68. The third-order valence-corrected chi connectivity index (χ3v) is 6.54. The van der Waals surface area contributed by atoms with E-state index in [0.29, 0.717) is 12.3 Å². The molecule has 0 spiro atoms. The zero-order valence-corrected chi connectivity index (χ0v) is 18.2. The standard InChI is InChI=1S/C21H41N5O/c1-6-23-20(26-12-9-18(10-13-26)14-19(27)22-3)24-16-21(25(4)5)11-7-8-17(2)15-21/h17-18H,6-16H2,1-5H3,(H,22,27)(H,23,24). The topological polar surface area (TPSA) is 60.0 Å². The van der Waals surface area contributed by atoms with Crippen LogP contribution in [0.15, 0.2) is 4.99 Å². The first kappa shape index (κ1) is 22.0. The molecule has 1 heterocycles. The lowest BCUT2D eigenvalue weighted by Crippen LogP contribution is -2.52. The van der Waals surface area contributed by atoms with Gasteiger partial charge in [-0.2, -0.15) is 0 Å². The molecule has 0 bridgehead atoms. The van der Waals surface area contributed by atoms with Crippen LogP contribution in [0.1, 0.15) is 58.8 Å². The van der Waals surface area contributed by atoms with Gasteiger partial charge in [-0.25, -0.2) is 0 Å². The molecule has 2 unspecified atom stereocenters. The van der Waals surface area contributed by atoms with Gasteiger partial charge in [-0.3, -0.25) is 9.79 Å².